The van der Waals surface area contributed by atoms with Crippen LogP contribution in [0, 0.1) is 0 Å². The Morgan fingerprint density at radius 2 is 1.94 bits per heavy atom. The van der Waals surface area contributed by atoms with Crippen molar-refractivity contribution in [1.29, 1.82) is 0 Å². The zero-order chi connectivity index (χ0) is 13.3. The number of aromatic nitrogens is 2. The lowest BCUT2D eigenvalue weighted by molar-refractivity contribution is -0.117. The van der Waals surface area contributed by atoms with Crippen LogP contribution in [0.2, 0.25) is 0 Å². The summed E-state index contributed by atoms with van der Waals surface area (Å²) in [5.74, 6) is 0. The summed E-state index contributed by atoms with van der Waals surface area (Å²) in [5.41, 5.74) is 8.91. The molecule has 0 aliphatic rings. The highest BCUT2D eigenvalue weighted by atomic mass is 19.4. The van der Waals surface area contributed by atoms with Gasteiger partial charge in [0.05, 0.1) is 11.9 Å². The maximum Gasteiger partial charge on any atom is 0.407 e. The molecule has 1 rings (SSSR count). The fraction of sp³-hybridized carbons (Fsp3) is 0.700. The van der Waals surface area contributed by atoms with E-state index in [1.807, 2.05) is 20.8 Å². The third-order valence-electron chi connectivity index (χ3n) is 2.16. The summed E-state index contributed by atoms with van der Waals surface area (Å²) in [7, 11) is 0. The molecule has 0 bridgehead atoms. The minimum Gasteiger partial charge on any atom is -0.326 e. The number of alkyl halides is 3. The van der Waals surface area contributed by atoms with Crippen LogP contribution in [0.1, 0.15) is 32.0 Å². The standard InChI is InChI=1S/C10H17F3N4/c1-9(2,3)8-7(4-14)5-17(16-8)15-6-10(11,12)13/h5,15H,4,6,14H2,1-3H3. The van der Waals surface area contributed by atoms with E-state index in [0.717, 1.165) is 10.4 Å². The van der Waals surface area contributed by atoms with Crippen molar-refractivity contribution in [2.45, 2.75) is 38.9 Å². The molecule has 0 saturated heterocycles. The van der Waals surface area contributed by atoms with Crippen molar-refractivity contribution < 1.29 is 13.2 Å². The van der Waals surface area contributed by atoms with Gasteiger partial charge in [0.1, 0.15) is 6.54 Å². The maximum absolute atomic E-state index is 12.0. The van der Waals surface area contributed by atoms with Crippen LogP contribution in [0.4, 0.5) is 13.2 Å². The van der Waals surface area contributed by atoms with Gasteiger partial charge in [-0.3, -0.25) is 0 Å². The molecule has 0 spiro atoms. The highest BCUT2D eigenvalue weighted by molar-refractivity contribution is 5.24. The van der Waals surface area contributed by atoms with E-state index in [1.54, 1.807) is 0 Å². The maximum atomic E-state index is 12.0. The van der Waals surface area contributed by atoms with Gasteiger partial charge >= 0.3 is 6.18 Å². The summed E-state index contributed by atoms with van der Waals surface area (Å²) >= 11 is 0. The SMILES string of the molecule is CC(C)(C)c1nn(NCC(F)(F)F)cc1CN. The fourth-order valence-corrected chi connectivity index (χ4v) is 1.44. The van der Waals surface area contributed by atoms with Crippen molar-refractivity contribution in [2.75, 3.05) is 12.0 Å². The van der Waals surface area contributed by atoms with E-state index in [2.05, 4.69) is 10.5 Å². The number of halogens is 3. The molecule has 7 heteroatoms. The van der Waals surface area contributed by atoms with E-state index in [9.17, 15) is 13.2 Å². The molecule has 4 nitrogen and oxygen atoms in total. The Labute approximate surface area is 97.9 Å². The molecule has 3 N–H and O–H groups in total. The van der Waals surface area contributed by atoms with Gasteiger partial charge in [0.15, 0.2) is 0 Å². The number of hydrogen-bond donors (Lipinski definition) is 2. The van der Waals surface area contributed by atoms with Crippen molar-refractivity contribution >= 4 is 0 Å². The zero-order valence-corrected chi connectivity index (χ0v) is 10.1. The largest absolute Gasteiger partial charge is 0.407 e. The monoisotopic (exact) mass is 250 g/mol. The Kier molecular flexibility index (Phi) is 3.71. The van der Waals surface area contributed by atoms with E-state index in [-0.39, 0.29) is 12.0 Å². The lowest BCUT2D eigenvalue weighted by Crippen LogP contribution is -2.28. The van der Waals surface area contributed by atoms with Crippen molar-refractivity contribution in [3.05, 3.63) is 17.5 Å². The molecular weight excluding hydrogens is 233 g/mol. The summed E-state index contributed by atoms with van der Waals surface area (Å²) in [6, 6.07) is 0. The Hall–Kier alpha value is -1.24. The van der Waals surface area contributed by atoms with Crippen molar-refractivity contribution in [3.63, 3.8) is 0 Å². The quantitative estimate of drug-likeness (QED) is 0.859. The van der Waals surface area contributed by atoms with Gasteiger partial charge in [0.2, 0.25) is 0 Å². The van der Waals surface area contributed by atoms with Gasteiger partial charge in [-0.1, -0.05) is 20.8 Å². The van der Waals surface area contributed by atoms with E-state index < -0.39 is 12.7 Å². The van der Waals surface area contributed by atoms with E-state index in [4.69, 9.17) is 5.73 Å². The summed E-state index contributed by atoms with van der Waals surface area (Å²) in [6.07, 6.45) is -2.77. The number of rotatable bonds is 3. The number of nitrogens with one attached hydrogen (secondary N) is 1. The second-order valence-electron chi connectivity index (χ2n) is 4.85. The zero-order valence-electron chi connectivity index (χ0n) is 10.1. The molecule has 0 atom stereocenters. The van der Waals surface area contributed by atoms with Crippen LogP contribution in [-0.2, 0) is 12.0 Å². The Morgan fingerprint density at radius 3 is 2.29 bits per heavy atom. The van der Waals surface area contributed by atoms with Crippen LogP contribution in [0.3, 0.4) is 0 Å². The van der Waals surface area contributed by atoms with Crippen LogP contribution in [0.5, 0.6) is 0 Å². The smallest absolute Gasteiger partial charge is 0.326 e. The van der Waals surface area contributed by atoms with E-state index >= 15 is 0 Å². The molecule has 0 aromatic carbocycles. The van der Waals surface area contributed by atoms with Crippen LogP contribution in [0.15, 0.2) is 6.20 Å². The van der Waals surface area contributed by atoms with Gasteiger partial charge in [0.25, 0.3) is 0 Å². The molecule has 0 radical (unpaired) electrons. The van der Waals surface area contributed by atoms with Crippen LogP contribution in [0.25, 0.3) is 0 Å². The molecule has 0 aliphatic heterocycles. The first-order chi connectivity index (χ1) is 7.63. The van der Waals surface area contributed by atoms with Crippen molar-refractivity contribution in [3.8, 4) is 0 Å². The van der Waals surface area contributed by atoms with Crippen LogP contribution < -0.4 is 11.2 Å². The van der Waals surface area contributed by atoms with Gasteiger partial charge in [-0.2, -0.15) is 23.1 Å². The Morgan fingerprint density at radius 1 is 1.35 bits per heavy atom. The minimum absolute atomic E-state index is 0.250. The van der Waals surface area contributed by atoms with Gasteiger partial charge < -0.3 is 11.2 Å². The molecule has 0 unspecified atom stereocenters. The topological polar surface area (TPSA) is 55.9 Å². The second-order valence-corrected chi connectivity index (χ2v) is 4.85. The van der Waals surface area contributed by atoms with Crippen LogP contribution in [-0.4, -0.2) is 22.6 Å². The first-order valence-electron chi connectivity index (χ1n) is 5.23. The molecule has 0 aliphatic carbocycles. The highest BCUT2D eigenvalue weighted by Gasteiger charge is 2.28. The Balaban J connectivity index is 2.86. The number of hydrogen-bond acceptors (Lipinski definition) is 3. The summed E-state index contributed by atoms with van der Waals surface area (Å²) < 4.78 is 36.1. The third-order valence-corrected chi connectivity index (χ3v) is 2.16. The molecule has 1 aromatic heterocycles. The average Bonchev–Trinajstić information content (AvgIpc) is 2.56. The first kappa shape index (κ1) is 13.8. The summed E-state index contributed by atoms with van der Waals surface area (Å²) in [5, 5.41) is 4.08. The first-order valence-corrected chi connectivity index (χ1v) is 5.23. The van der Waals surface area contributed by atoms with Gasteiger partial charge in [-0.15, -0.1) is 0 Å². The molecule has 0 saturated carbocycles. The lowest BCUT2D eigenvalue weighted by Gasteiger charge is -2.16. The normalized spacial score (nSPS) is 12.9. The molecule has 0 amide bonds. The molecule has 1 heterocycles. The third kappa shape index (κ3) is 3.92. The second kappa shape index (κ2) is 4.56. The van der Waals surface area contributed by atoms with Gasteiger partial charge in [0, 0.05) is 17.5 Å². The molecule has 17 heavy (non-hydrogen) atoms. The minimum atomic E-state index is -4.27. The predicted octanol–water partition coefficient (Wildman–Crippen LogP) is 1.75. The van der Waals surface area contributed by atoms with Gasteiger partial charge in [-0.25, -0.2) is 0 Å². The van der Waals surface area contributed by atoms with Crippen molar-refractivity contribution in [2.24, 2.45) is 5.73 Å². The molecular formula is C10H17F3N4. The molecule has 98 valence electrons. The van der Waals surface area contributed by atoms with E-state index in [0.29, 0.717) is 5.69 Å². The molecule has 1 aromatic rings. The highest BCUT2D eigenvalue weighted by Crippen LogP contribution is 2.23. The average molecular weight is 250 g/mol. The lowest BCUT2D eigenvalue weighted by atomic mass is 9.90. The molecule has 0 fully saturated rings. The number of nitrogens with zero attached hydrogens (tertiary/aromatic N) is 2. The van der Waals surface area contributed by atoms with Crippen molar-refractivity contribution in [1.82, 2.24) is 9.89 Å². The fourth-order valence-electron chi connectivity index (χ4n) is 1.44. The Bertz CT molecular complexity index is 376. The van der Waals surface area contributed by atoms with Gasteiger partial charge in [-0.05, 0) is 0 Å². The predicted molar refractivity (Wildman–Crippen MR) is 59.1 cm³/mol. The summed E-state index contributed by atoms with van der Waals surface area (Å²) in [6.45, 7) is 4.93. The van der Waals surface area contributed by atoms with E-state index in [1.165, 1.54) is 6.20 Å². The number of nitrogens with two attached hydrogens (primary N) is 1. The summed E-state index contributed by atoms with van der Waals surface area (Å²) in [4.78, 5) is 1.08. The van der Waals surface area contributed by atoms with Crippen LogP contribution >= 0.6 is 0 Å².